The highest BCUT2D eigenvalue weighted by Crippen LogP contribution is 2.25. The number of para-hydroxylation sites is 1. The fourth-order valence-corrected chi connectivity index (χ4v) is 5.10. The molecule has 186 valence electrons. The molecular formula is C23H27N5O6S. The predicted molar refractivity (Wildman–Crippen MR) is 129 cm³/mol. The summed E-state index contributed by atoms with van der Waals surface area (Å²) in [5, 5.41) is 19.1. The number of hydrogen-bond donors (Lipinski definition) is 5. The molecule has 6 N–H and O–H groups in total. The van der Waals surface area contributed by atoms with Crippen LogP contribution in [0, 0.1) is 11.3 Å². The number of rotatable bonds is 8. The standard InChI is InChI=1S/C23H27N5O6S/c1-14(23(31)32)27-35(33,34)19-7-3-2-6-18(19)26-21(29)17-5-4-12-28(13-17)22(30)16-10-8-15(9-11-16)20(24)25/h2-3,6-11,14,17,27H,4-5,12-13H2,1H3,(H3,24,25)(H,26,29)(H,31,32)/t14-,17?/m0/s1. The third kappa shape index (κ3) is 6.22. The Morgan fingerprint density at radius 1 is 1.11 bits per heavy atom. The van der Waals surface area contributed by atoms with E-state index < -0.39 is 33.9 Å². The number of carboxylic acids is 1. The van der Waals surface area contributed by atoms with Gasteiger partial charge in [-0.2, -0.15) is 4.72 Å². The molecule has 35 heavy (non-hydrogen) atoms. The lowest BCUT2D eigenvalue weighted by molar-refractivity contribution is -0.138. The molecule has 0 saturated carbocycles. The molecule has 0 radical (unpaired) electrons. The van der Waals surface area contributed by atoms with Gasteiger partial charge in [-0.1, -0.05) is 24.3 Å². The van der Waals surface area contributed by atoms with Crippen molar-refractivity contribution in [2.45, 2.75) is 30.7 Å². The van der Waals surface area contributed by atoms with E-state index in [0.717, 1.165) is 0 Å². The monoisotopic (exact) mass is 501 g/mol. The van der Waals surface area contributed by atoms with Crippen molar-refractivity contribution in [3.63, 3.8) is 0 Å². The van der Waals surface area contributed by atoms with E-state index >= 15 is 0 Å². The van der Waals surface area contributed by atoms with Crippen molar-refractivity contribution in [2.24, 2.45) is 11.7 Å². The Morgan fingerprint density at radius 3 is 2.37 bits per heavy atom. The van der Waals surface area contributed by atoms with E-state index in [1.165, 1.54) is 25.1 Å². The molecule has 0 spiro atoms. The highest BCUT2D eigenvalue weighted by Gasteiger charge is 2.30. The Hall–Kier alpha value is -3.77. The zero-order valence-electron chi connectivity index (χ0n) is 19.0. The first-order valence-corrected chi connectivity index (χ1v) is 12.4. The number of piperidine rings is 1. The van der Waals surface area contributed by atoms with Crippen molar-refractivity contribution in [1.82, 2.24) is 9.62 Å². The summed E-state index contributed by atoms with van der Waals surface area (Å²) in [6, 6.07) is 10.7. The molecule has 2 aromatic carbocycles. The number of nitrogen functional groups attached to an aromatic ring is 1. The molecule has 12 heteroatoms. The fourth-order valence-electron chi connectivity index (χ4n) is 3.74. The van der Waals surface area contributed by atoms with Crippen molar-refractivity contribution in [3.8, 4) is 0 Å². The number of amidine groups is 1. The Morgan fingerprint density at radius 2 is 1.74 bits per heavy atom. The fraction of sp³-hybridized carbons (Fsp3) is 0.304. The van der Waals surface area contributed by atoms with Crippen LogP contribution in [-0.4, -0.2) is 61.2 Å². The van der Waals surface area contributed by atoms with E-state index in [1.807, 2.05) is 0 Å². The first-order valence-electron chi connectivity index (χ1n) is 10.9. The van der Waals surface area contributed by atoms with Gasteiger partial charge in [-0.3, -0.25) is 19.8 Å². The van der Waals surface area contributed by atoms with Crippen molar-refractivity contribution in [3.05, 3.63) is 59.7 Å². The second-order valence-electron chi connectivity index (χ2n) is 8.25. The van der Waals surface area contributed by atoms with Gasteiger partial charge in [-0.05, 0) is 44.0 Å². The van der Waals surface area contributed by atoms with E-state index in [2.05, 4.69) is 10.0 Å². The lowest BCUT2D eigenvalue weighted by atomic mass is 9.96. The second-order valence-corrected chi connectivity index (χ2v) is 9.93. The maximum absolute atomic E-state index is 13.0. The maximum atomic E-state index is 13.0. The molecule has 0 aromatic heterocycles. The number of aliphatic carboxylic acids is 1. The number of likely N-dealkylation sites (tertiary alicyclic amines) is 1. The Labute approximate surface area is 202 Å². The van der Waals surface area contributed by atoms with Gasteiger partial charge in [0.15, 0.2) is 0 Å². The highest BCUT2D eigenvalue weighted by molar-refractivity contribution is 7.89. The number of nitrogens with one attached hydrogen (secondary N) is 3. The first kappa shape index (κ1) is 25.8. The van der Waals surface area contributed by atoms with Crippen molar-refractivity contribution in [1.29, 1.82) is 5.41 Å². The number of sulfonamides is 1. The second kappa shape index (κ2) is 10.7. The van der Waals surface area contributed by atoms with Gasteiger partial charge in [0.25, 0.3) is 5.91 Å². The third-order valence-corrected chi connectivity index (χ3v) is 7.26. The van der Waals surface area contributed by atoms with Gasteiger partial charge in [0, 0.05) is 24.2 Å². The number of anilines is 1. The van der Waals surface area contributed by atoms with E-state index in [4.69, 9.17) is 16.2 Å². The van der Waals surface area contributed by atoms with Crippen LogP contribution in [0.1, 0.15) is 35.7 Å². The van der Waals surface area contributed by atoms with Crippen molar-refractivity contribution in [2.75, 3.05) is 18.4 Å². The summed E-state index contributed by atoms with van der Waals surface area (Å²) in [5.74, 6) is -2.70. The van der Waals surface area contributed by atoms with Gasteiger partial charge in [-0.25, -0.2) is 8.42 Å². The summed E-state index contributed by atoms with van der Waals surface area (Å²) >= 11 is 0. The molecule has 0 aliphatic carbocycles. The molecule has 2 aromatic rings. The van der Waals surface area contributed by atoms with E-state index in [0.29, 0.717) is 30.5 Å². The Kier molecular flexibility index (Phi) is 7.87. The summed E-state index contributed by atoms with van der Waals surface area (Å²) in [6.07, 6.45) is 1.11. The minimum atomic E-state index is -4.22. The smallest absolute Gasteiger partial charge is 0.321 e. The van der Waals surface area contributed by atoms with E-state index in [1.54, 1.807) is 35.2 Å². The topological polar surface area (TPSA) is 183 Å². The summed E-state index contributed by atoms with van der Waals surface area (Å²) < 4.78 is 27.4. The number of amides is 2. The minimum absolute atomic E-state index is 0.0193. The first-order chi connectivity index (χ1) is 16.5. The van der Waals surface area contributed by atoms with Crippen molar-refractivity contribution < 1.29 is 27.9 Å². The van der Waals surface area contributed by atoms with Crippen LogP contribution in [0.2, 0.25) is 0 Å². The van der Waals surface area contributed by atoms with Crippen LogP contribution in [0.25, 0.3) is 0 Å². The van der Waals surface area contributed by atoms with Crippen LogP contribution >= 0.6 is 0 Å². The largest absolute Gasteiger partial charge is 0.480 e. The van der Waals surface area contributed by atoms with Crippen LogP contribution in [0.15, 0.2) is 53.4 Å². The average molecular weight is 502 g/mol. The van der Waals surface area contributed by atoms with Gasteiger partial charge in [0.05, 0.1) is 11.6 Å². The molecule has 11 nitrogen and oxygen atoms in total. The van der Waals surface area contributed by atoms with E-state index in [9.17, 15) is 22.8 Å². The number of hydrogen-bond acceptors (Lipinski definition) is 6. The quantitative estimate of drug-likeness (QED) is 0.266. The van der Waals surface area contributed by atoms with Crippen LogP contribution < -0.4 is 15.8 Å². The van der Waals surface area contributed by atoms with Crippen molar-refractivity contribution >= 4 is 39.3 Å². The molecule has 3 rings (SSSR count). The number of carbonyl (C=O) groups excluding carboxylic acids is 2. The molecule has 1 fully saturated rings. The molecule has 1 aliphatic heterocycles. The van der Waals surface area contributed by atoms with Crippen LogP contribution in [-0.2, 0) is 19.6 Å². The molecule has 2 atom stereocenters. The number of nitrogens with zero attached hydrogens (tertiary/aromatic N) is 1. The van der Waals surface area contributed by atoms with Crippen LogP contribution in [0.4, 0.5) is 5.69 Å². The van der Waals surface area contributed by atoms with Crippen LogP contribution in [0.5, 0.6) is 0 Å². The maximum Gasteiger partial charge on any atom is 0.321 e. The number of nitrogens with two attached hydrogens (primary N) is 1. The Balaban J connectivity index is 1.72. The number of carbonyl (C=O) groups is 3. The Bertz CT molecular complexity index is 1250. The third-order valence-electron chi connectivity index (χ3n) is 5.66. The molecular weight excluding hydrogens is 474 g/mol. The predicted octanol–water partition coefficient (Wildman–Crippen LogP) is 1.21. The van der Waals surface area contributed by atoms with Gasteiger partial charge in [0.1, 0.15) is 16.8 Å². The number of carboxylic acid groups (broad SMARTS) is 1. The highest BCUT2D eigenvalue weighted by atomic mass is 32.2. The van der Waals surface area contributed by atoms with Gasteiger partial charge in [0.2, 0.25) is 15.9 Å². The van der Waals surface area contributed by atoms with E-state index in [-0.39, 0.29) is 28.9 Å². The summed E-state index contributed by atoms with van der Waals surface area (Å²) in [6.45, 7) is 1.82. The molecule has 2 amide bonds. The summed E-state index contributed by atoms with van der Waals surface area (Å²) in [5.41, 5.74) is 6.37. The average Bonchev–Trinajstić information content (AvgIpc) is 2.83. The van der Waals surface area contributed by atoms with Gasteiger partial charge < -0.3 is 21.1 Å². The normalized spacial score (nSPS) is 16.8. The van der Waals surface area contributed by atoms with Gasteiger partial charge >= 0.3 is 5.97 Å². The number of benzene rings is 2. The molecule has 1 aliphatic rings. The molecule has 1 heterocycles. The zero-order valence-corrected chi connectivity index (χ0v) is 19.8. The molecule has 1 saturated heterocycles. The minimum Gasteiger partial charge on any atom is -0.480 e. The van der Waals surface area contributed by atoms with Gasteiger partial charge in [-0.15, -0.1) is 0 Å². The lowest BCUT2D eigenvalue weighted by Crippen LogP contribution is -2.44. The lowest BCUT2D eigenvalue weighted by Gasteiger charge is -2.32. The summed E-state index contributed by atoms with van der Waals surface area (Å²) in [7, 11) is -4.22. The zero-order chi connectivity index (χ0) is 25.8. The molecule has 0 bridgehead atoms. The SMILES string of the molecule is C[C@H](NS(=O)(=O)c1ccccc1NC(=O)C1CCCN(C(=O)c2ccc(C(=N)N)cc2)C1)C(=O)O. The summed E-state index contributed by atoms with van der Waals surface area (Å²) in [4.78, 5) is 38.3. The van der Waals surface area contributed by atoms with Crippen LogP contribution in [0.3, 0.4) is 0 Å². The molecule has 1 unspecified atom stereocenters.